The number of hydrogen-bond acceptors (Lipinski definition) is 3. The molecule has 0 saturated carbocycles. The molecule has 0 spiro atoms. The minimum atomic E-state index is -0.370. The van der Waals surface area contributed by atoms with Crippen LogP contribution in [0.4, 0.5) is 0 Å². The average Bonchev–Trinajstić information content (AvgIpc) is 2.67. The first kappa shape index (κ1) is 15.8. The Morgan fingerprint density at radius 1 is 0.875 bits per heavy atom. The van der Waals surface area contributed by atoms with E-state index in [9.17, 15) is 4.79 Å². The average molecular weight is 318 g/mol. The van der Waals surface area contributed by atoms with E-state index in [2.05, 4.69) is 18.2 Å². The lowest BCUT2D eigenvalue weighted by atomic mass is 10.0. The standard InChI is InChI=1S/C21H18O3/c1-23-21(22)17-11-7-12-19(14-17)24-15-18-10-5-6-13-20(18)16-8-3-2-4-9-16/h2-14H,15H2,1H3. The van der Waals surface area contributed by atoms with Gasteiger partial charge in [0, 0.05) is 0 Å². The maximum atomic E-state index is 11.6. The smallest absolute Gasteiger partial charge is 0.337 e. The molecule has 0 aliphatic carbocycles. The quantitative estimate of drug-likeness (QED) is 0.639. The largest absolute Gasteiger partial charge is 0.489 e. The van der Waals surface area contributed by atoms with Crippen LogP contribution in [0.25, 0.3) is 11.1 Å². The summed E-state index contributed by atoms with van der Waals surface area (Å²) in [6.45, 7) is 0.426. The summed E-state index contributed by atoms with van der Waals surface area (Å²) in [6.07, 6.45) is 0. The third kappa shape index (κ3) is 3.63. The van der Waals surface area contributed by atoms with Gasteiger partial charge in [-0.15, -0.1) is 0 Å². The lowest BCUT2D eigenvalue weighted by Crippen LogP contribution is -2.02. The molecule has 3 aromatic carbocycles. The summed E-state index contributed by atoms with van der Waals surface area (Å²) >= 11 is 0. The topological polar surface area (TPSA) is 35.5 Å². The van der Waals surface area contributed by atoms with Gasteiger partial charge >= 0.3 is 5.97 Å². The Morgan fingerprint density at radius 2 is 1.62 bits per heavy atom. The van der Waals surface area contributed by atoms with Crippen molar-refractivity contribution >= 4 is 5.97 Å². The molecule has 0 saturated heterocycles. The Kier molecular flexibility index (Phi) is 4.92. The van der Waals surface area contributed by atoms with Crippen LogP contribution >= 0.6 is 0 Å². The van der Waals surface area contributed by atoms with Crippen molar-refractivity contribution in [2.45, 2.75) is 6.61 Å². The monoisotopic (exact) mass is 318 g/mol. The van der Waals surface area contributed by atoms with Crippen LogP contribution in [-0.4, -0.2) is 13.1 Å². The minimum absolute atomic E-state index is 0.370. The first-order valence-corrected chi connectivity index (χ1v) is 7.72. The van der Waals surface area contributed by atoms with E-state index in [0.717, 1.165) is 16.7 Å². The van der Waals surface area contributed by atoms with E-state index in [1.54, 1.807) is 18.2 Å². The number of esters is 1. The highest BCUT2D eigenvalue weighted by atomic mass is 16.5. The molecule has 0 aliphatic heterocycles. The van der Waals surface area contributed by atoms with Gasteiger partial charge in [0.25, 0.3) is 0 Å². The summed E-state index contributed by atoms with van der Waals surface area (Å²) in [5.74, 6) is 0.269. The van der Waals surface area contributed by atoms with Gasteiger partial charge in [0.15, 0.2) is 0 Å². The molecular weight excluding hydrogens is 300 g/mol. The first-order valence-electron chi connectivity index (χ1n) is 7.72. The molecule has 0 fully saturated rings. The second-order valence-corrected chi connectivity index (χ2v) is 5.33. The molecule has 24 heavy (non-hydrogen) atoms. The fourth-order valence-electron chi connectivity index (χ4n) is 2.54. The highest BCUT2D eigenvalue weighted by molar-refractivity contribution is 5.89. The number of hydrogen-bond donors (Lipinski definition) is 0. The molecule has 0 amide bonds. The molecule has 0 aromatic heterocycles. The number of rotatable bonds is 5. The van der Waals surface area contributed by atoms with Gasteiger partial charge in [0.1, 0.15) is 12.4 Å². The van der Waals surface area contributed by atoms with Gasteiger partial charge in [0.05, 0.1) is 12.7 Å². The highest BCUT2D eigenvalue weighted by Crippen LogP contribution is 2.25. The van der Waals surface area contributed by atoms with Crippen molar-refractivity contribution in [3.05, 3.63) is 90.0 Å². The number of carbonyl (C=O) groups is 1. The second kappa shape index (κ2) is 7.47. The summed E-state index contributed by atoms with van der Waals surface area (Å²) < 4.78 is 10.6. The van der Waals surface area contributed by atoms with Crippen molar-refractivity contribution in [2.24, 2.45) is 0 Å². The zero-order valence-electron chi connectivity index (χ0n) is 13.4. The van der Waals surface area contributed by atoms with Crippen LogP contribution in [-0.2, 0) is 11.3 Å². The lowest BCUT2D eigenvalue weighted by molar-refractivity contribution is 0.0600. The Labute approximate surface area is 141 Å². The molecular formula is C21H18O3. The zero-order valence-corrected chi connectivity index (χ0v) is 13.4. The summed E-state index contributed by atoms with van der Waals surface area (Å²) in [5, 5.41) is 0. The molecule has 120 valence electrons. The van der Waals surface area contributed by atoms with E-state index in [0.29, 0.717) is 17.9 Å². The third-order valence-corrected chi connectivity index (χ3v) is 3.75. The Bertz CT molecular complexity index is 825. The van der Waals surface area contributed by atoms with E-state index in [4.69, 9.17) is 9.47 Å². The predicted molar refractivity (Wildman–Crippen MR) is 94.0 cm³/mol. The van der Waals surface area contributed by atoms with Gasteiger partial charge in [-0.05, 0) is 34.9 Å². The van der Waals surface area contributed by atoms with E-state index >= 15 is 0 Å². The van der Waals surface area contributed by atoms with Crippen LogP contribution in [0.3, 0.4) is 0 Å². The highest BCUT2D eigenvalue weighted by Gasteiger charge is 2.08. The van der Waals surface area contributed by atoms with Crippen molar-refractivity contribution in [3.8, 4) is 16.9 Å². The lowest BCUT2D eigenvalue weighted by Gasteiger charge is -2.12. The van der Waals surface area contributed by atoms with Crippen molar-refractivity contribution in [1.29, 1.82) is 0 Å². The van der Waals surface area contributed by atoms with Crippen molar-refractivity contribution < 1.29 is 14.3 Å². The molecule has 3 rings (SSSR count). The molecule has 0 N–H and O–H groups in total. The Hall–Kier alpha value is -3.07. The SMILES string of the molecule is COC(=O)c1cccc(OCc2ccccc2-c2ccccc2)c1. The van der Waals surface area contributed by atoms with E-state index in [1.807, 2.05) is 42.5 Å². The van der Waals surface area contributed by atoms with Gasteiger partial charge in [-0.2, -0.15) is 0 Å². The van der Waals surface area contributed by atoms with E-state index < -0.39 is 0 Å². The third-order valence-electron chi connectivity index (χ3n) is 3.75. The van der Waals surface area contributed by atoms with Crippen LogP contribution in [0.1, 0.15) is 15.9 Å². The summed E-state index contributed by atoms with van der Waals surface area (Å²) in [6, 6.07) is 25.4. The summed E-state index contributed by atoms with van der Waals surface area (Å²) in [5.41, 5.74) is 3.86. The fourth-order valence-corrected chi connectivity index (χ4v) is 2.54. The molecule has 0 radical (unpaired) electrons. The normalized spacial score (nSPS) is 10.2. The number of carbonyl (C=O) groups excluding carboxylic acids is 1. The van der Waals surface area contributed by atoms with Crippen LogP contribution < -0.4 is 4.74 Å². The molecule has 0 unspecified atom stereocenters. The Morgan fingerprint density at radius 3 is 2.42 bits per heavy atom. The second-order valence-electron chi connectivity index (χ2n) is 5.33. The molecule has 3 nitrogen and oxygen atoms in total. The molecule has 0 heterocycles. The number of methoxy groups -OCH3 is 1. The molecule has 3 heteroatoms. The minimum Gasteiger partial charge on any atom is -0.489 e. The Balaban J connectivity index is 1.80. The number of ether oxygens (including phenoxy) is 2. The fraction of sp³-hybridized carbons (Fsp3) is 0.0952. The van der Waals surface area contributed by atoms with E-state index in [1.165, 1.54) is 7.11 Å². The van der Waals surface area contributed by atoms with Crippen molar-refractivity contribution in [2.75, 3.05) is 7.11 Å². The van der Waals surface area contributed by atoms with Gasteiger partial charge < -0.3 is 9.47 Å². The maximum absolute atomic E-state index is 11.6. The first-order chi connectivity index (χ1) is 11.8. The molecule has 0 bridgehead atoms. The number of benzene rings is 3. The van der Waals surface area contributed by atoms with Gasteiger partial charge in [-0.3, -0.25) is 0 Å². The van der Waals surface area contributed by atoms with Crippen molar-refractivity contribution in [3.63, 3.8) is 0 Å². The molecule has 3 aromatic rings. The van der Waals surface area contributed by atoms with Crippen LogP contribution in [0.15, 0.2) is 78.9 Å². The van der Waals surface area contributed by atoms with Crippen LogP contribution in [0.2, 0.25) is 0 Å². The summed E-state index contributed by atoms with van der Waals surface area (Å²) in [4.78, 5) is 11.6. The van der Waals surface area contributed by atoms with Gasteiger partial charge in [-0.25, -0.2) is 4.79 Å². The van der Waals surface area contributed by atoms with Gasteiger partial charge in [0.2, 0.25) is 0 Å². The van der Waals surface area contributed by atoms with Gasteiger partial charge in [-0.1, -0.05) is 60.7 Å². The predicted octanol–water partition coefficient (Wildman–Crippen LogP) is 4.72. The van der Waals surface area contributed by atoms with Crippen LogP contribution in [0, 0.1) is 0 Å². The molecule has 0 aliphatic rings. The summed E-state index contributed by atoms with van der Waals surface area (Å²) in [7, 11) is 1.37. The maximum Gasteiger partial charge on any atom is 0.337 e. The zero-order chi connectivity index (χ0) is 16.8. The van der Waals surface area contributed by atoms with Crippen molar-refractivity contribution in [1.82, 2.24) is 0 Å². The van der Waals surface area contributed by atoms with E-state index in [-0.39, 0.29) is 5.97 Å². The van der Waals surface area contributed by atoms with Crippen LogP contribution in [0.5, 0.6) is 5.75 Å². The molecule has 0 atom stereocenters.